The quantitative estimate of drug-likeness (QED) is 0.706. The van der Waals surface area contributed by atoms with E-state index in [0.717, 1.165) is 22.9 Å². The average Bonchev–Trinajstić information content (AvgIpc) is 2.00. The Hall–Kier alpha value is -0.830. The minimum Gasteiger partial charge on any atom is -0.487 e. The fourth-order valence-corrected chi connectivity index (χ4v) is 1.61. The number of hydrogen-bond donors (Lipinski definition) is 1. The van der Waals surface area contributed by atoms with Gasteiger partial charge in [-0.05, 0) is 12.1 Å². The second kappa shape index (κ2) is 3.27. The van der Waals surface area contributed by atoms with Crippen LogP contribution in [0.15, 0.2) is 24.3 Å². The molecule has 1 aliphatic rings. The summed E-state index contributed by atoms with van der Waals surface area (Å²) in [6.07, 6.45) is 0.375. The first-order valence-electron chi connectivity index (χ1n) is 3.95. The molecule has 1 aliphatic heterocycles. The lowest BCUT2D eigenvalue weighted by Gasteiger charge is -2.26. The van der Waals surface area contributed by atoms with E-state index in [2.05, 4.69) is 0 Å². The number of para-hydroxylation sites is 2. The van der Waals surface area contributed by atoms with Crippen LogP contribution in [-0.4, -0.2) is 17.6 Å². The van der Waals surface area contributed by atoms with E-state index in [1.807, 2.05) is 36.0 Å². The summed E-state index contributed by atoms with van der Waals surface area (Å²) in [5.41, 5.74) is 6.45. The molecule has 0 saturated carbocycles. The molecular formula is C9H11NOS. The first-order chi connectivity index (χ1) is 5.86. The maximum atomic E-state index is 5.72. The van der Waals surface area contributed by atoms with Crippen molar-refractivity contribution >= 4 is 17.4 Å². The summed E-state index contributed by atoms with van der Waals surface area (Å²) in [6.45, 7) is 0. The Morgan fingerprint density at radius 3 is 2.67 bits per heavy atom. The van der Waals surface area contributed by atoms with E-state index in [9.17, 15) is 0 Å². The highest BCUT2D eigenvalue weighted by atomic mass is 32.2. The maximum Gasteiger partial charge on any atom is 0.142 e. The molecule has 0 aliphatic carbocycles. The number of nitrogen functional groups attached to an aromatic ring is 1. The second-order valence-corrected chi connectivity index (χ2v) is 3.89. The molecule has 64 valence electrons. The monoisotopic (exact) mass is 181 g/mol. The molecule has 0 amide bonds. The van der Waals surface area contributed by atoms with Gasteiger partial charge in [-0.15, -0.1) is 0 Å². The van der Waals surface area contributed by atoms with E-state index in [4.69, 9.17) is 10.5 Å². The zero-order valence-corrected chi connectivity index (χ0v) is 7.51. The zero-order chi connectivity index (χ0) is 8.39. The van der Waals surface area contributed by atoms with E-state index in [1.54, 1.807) is 0 Å². The normalized spacial score (nSPS) is 17.0. The first kappa shape index (κ1) is 7.80. The van der Waals surface area contributed by atoms with Gasteiger partial charge in [0, 0.05) is 11.5 Å². The summed E-state index contributed by atoms with van der Waals surface area (Å²) in [7, 11) is 0. The number of nitrogens with two attached hydrogens (primary N) is 1. The van der Waals surface area contributed by atoms with Gasteiger partial charge < -0.3 is 10.5 Å². The van der Waals surface area contributed by atoms with Crippen LogP contribution in [0.1, 0.15) is 0 Å². The molecule has 0 radical (unpaired) electrons. The van der Waals surface area contributed by atoms with E-state index in [1.165, 1.54) is 0 Å². The van der Waals surface area contributed by atoms with Gasteiger partial charge in [-0.2, -0.15) is 11.8 Å². The minimum absolute atomic E-state index is 0.375. The van der Waals surface area contributed by atoms with Crippen LogP contribution < -0.4 is 10.5 Å². The lowest BCUT2D eigenvalue weighted by atomic mass is 10.3. The molecule has 0 spiro atoms. The fourth-order valence-electron chi connectivity index (χ4n) is 1.05. The standard InChI is InChI=1S/C9H11NOS/c10-8-3-1-2-4-9(8)11-7-5-12-6-7/h1-4,7H,5-6,10H2. The van der Waals surface area contributed by atoms with Crippen molar-refractivity contribution in [3.8, 4) is 5.75 Å². The van der Waals surface area contributed by atoms with Gasteiger partial charge in [-0.1, -0.05) is 12.1 Å². The van der Waals surface area contributed by atoms with Gasteiger partial charge in [0.1, 0.15) is 11.9 Å². The summed E-state index contributed by atoms with van der Waals surface area (Å²) < 4.78 is 5.64. The van der Waals surface area contributed by atoms with E-state index in [-0.39, 0.29) is 0 Å². The van der Waals surface area contributed by atoms with Gasteiger partial charge in [0.05, 0.1) is 5.69 Å². The van der Waals surface area contributed by atoms with Crippen LogP contribution >= 0.6 is 11.8 Å². The van der Waals surface area contributed by atoms with Crippen LogP contribution in [-0.2, 0) is 0 Å². The largest absolute Gasteiger partial charge is 0.487 e. The van der Waals surface area contributed by atoms with E-state index in [0.29, 0.717) is 6.10 Å². The molecule has 2 nitrogen and oxygen atoms in total. The summed E-state index contributed by atoms with van der Waals surface area (Å²) in [5.74, 6) is 3.01. The number of ether oxygens (including phenoxy) is 1. The maximum absolute atomic E-state index is 5.72. The lowest BCUT2D eigenvalue weighted by molar-refractivity contribution is 0.242. The molecule has 0 atom stereocenters. The van der Waals surface area contributed by atoms with Crippen LogP contribution in [0, 0.1) is 0 Å². The van der Waals surface area contributed by atoms with Crippen LogP contribution in [0.3, 0.4) is 0 Å². The van der Waals surface area contributed by atoms with Crippen LogP contribution in [0.4, 0.5) is 5.69 Å². The zero-order valence-electron chi connectivity index (χ0n) is 6.69. The predicted molar refractivity (Wildman–Crippen MR) is 52.6 cm³/mol. The summed E-state index contributed by atoms with van der Waals surface area (Å²) in [4.78, 5) is 0. The van der Waals surface area contributed by atoms with Gasteiger partial charge in [-0.25, -0.2) is 0 Å². The molecule has 2 rings (SSSR count). The first-order valence-corrected chi connectivity index (χ1v) is 5.10. The smallest absolute Gasteiger partial charge is 0.142 e. The third kappa shape index (κ3) is 1.50. The molecule has 0 unspecified atom stereocenters. The van der Waals surface area contributed by atoms with Crippen LogP contribution in [0.25, 0.3) is 0 Å². The molecule has 2 N–H and O–H groups in total. The second-order valence-electron chi connectivity index (χ2n) is 2.82. The van der Waals surface area contributed by atoms with Crippen LogP contribution in [0.2, 0.25) is 0 Å². The molecular weight excluding hydrogens is 170 g/mol. The Kier molecular flexibility index (Phi) is 2.13. The van der Waals surface area contributed by atoms with Crippen molar-refractivity contribution in [3.63, 3.8) is 0 Å². The van der Waals surface area contributed by atoms with Crippen molar-refractivity contribution in [2.45, 2.75) is 6.10 Å². The highest BCUT2D eigenvalue weighted by Gasteiger charge is 2.20. The van der Waals surface area contributed by atoms with Crippen molar-refractivity contribution in [3.05, 3.63) is 24.3 Å². The predicted octanol–water partition coefficient (Wildman–Crippen LogP) is 1.76. The number of thioether (sulfide) groups is 1. The Bertz CT molecular complexity index is 273. The minimum atomic E-state index is 0.375. The van der Waals surface area contributed by atoms with Gasteiger partial charge in [0.15, 0.2) is 0 Å². The molecule has 1 fully saturated rings. The Morgan fingerprint density at radius 2 is 2.08 bits per heavy atom. The third-order valence-electron chi connectivity index (χ3n) is 1.82. The highest BCUT2D eigenvalue weighted by molar-refractivity contribution is 8.00. The number of hydrogen-bond acceptors (Lipinski definition) is 3. The summed E-state index contributed by atoms with van der Waals surface area (Å²) in [6, 6.07) is 7.63. The van der Waals surface area contributed by atoms with Crippen molar-refractivity contribution in [1.82, 2.24) is 0 Å². The van der Waals surface area contributed by atoms with E-state index < -0.39 is 0 Å². The van der Waals surface area contributed by atoms with Crippen molar-refractivity contribution in [2.75, 3.05) is 17.2 Å². The lowest BCUT2D eigenvalue weighted by Crippen LogP contribution is -2.31. The van der Waals surface area contributed by atoms with Gasteiger partial charge in [-0.3, -0.25) is 0 Å². The number of benzene rings is 1. The molecule has 3 heteroatoms. The van der Waals surface area contributed by atoms with Crippen molar-refractivity contribution < 1.29 is 4.74 Å². The Balaban J connectivity index is 2.06. The summed E-state index contributed by atoms with van der Waals surface area (Å²) in [5, 5.41) is 0. The number of anilines is 1. The molecule has 1 heterocycles. The fraction of sp³-hybridized carbons (Fsp3) is 0.333. The SMILES string of the molecule is Nc1ccccc1OC1CSC1. The van der Waals surface area contributed by atoms with Gasteiger partial charge in [0.2, 0.25) is 0 Å². The molecule has 1 saturated heterocycles. The van der Waals surface area contributed by atoms with Crippen LogP contribution in [0.5, 0.6) is 5.75 Å². The Labute approximate surface area is 76.1 Å². The van der Waals surface area contributed by atoms with Gasteiger partial charge in [0.25, 0.3) is 0 Å². The topological polar surface area (TPSA) is 35.2 Å². The Morgan fingerprint density at radius 1 is 1.33 bits per heavy atom. The molecule has 0 bridgehead atoms. The third-order valence-corrected chi connectivity index (χ3v) is 3.04. The molecule has 0 aromatic heterocycles. The summed E-state index contributed by atoms with van der Waals surface area (Å²) >= 11 is 1.90. The highest BCUT2D eigenvalue weighted by Crippen LogP contribution is 2.27. The van der Waals surface area contributed by atoms with Crippen molar-refractivity contribution in [1.29, 1.82) is 0 Å². The molecule has 12 heavy (non-hydrogen) atoms. The molecule has 1 aromatic rings. The average molecular weight is 181 g/mol. The van der Waals surface area contributed by atoms with E-state index >= 15 is 0 Å². The molecule has 1 aromatic carbocycles. The van der Waals surface area contributed by atoms with Crippen molar-refractivity contribution in [2.24, 2.45) is 0 Å². The van der Waals surface area contributed by atoms with Gasteiger partial charge >= 0.3 is 0 Å². The number of rotatable bonds is 2.